The lowest BCUT2D eigenvalue weighted by Crippen LogP contribution is -2.20. The van der Waals surface area contributed by atoms with Crippen LogP contribution in [0.4, 0.5) is 0 Å². The van der Waals surface area contributed by atoms with Crippen LogP contribution in [0.3, 0.4) is 0 Å². The Morgan fingerprint density at radius 3 is 2.35 bits per heavy atom. The van der Waals surface area contributed by atoms with Gasteiger partial charge < -0.3 is 0 Å². The summed E-state index contributed by atoms with van der Waals surface area (Å²) in [5.41, 5.74) is 2.15. The third kappa shape index (κ3) is 4.47. The van der Waals surface area contributed by atoms with Crippen molar-refractivity contribution in [2.24, 2.45) is 5.10 Å². The van der Waals surface area contributed by atoms with Gasteiger partial charge in [0.2, 0.25) is 0 Å². The number of hydrogen-bond acceptors (Lipinski definition) is 3. The van der Waals surface area contributed by atoms with Crippen molar-refractivity contribution >= 4 is 38.9 Å². The summed E-state index contributed by atoms with van der Waals surface area (Å²) in [5, 5.41) is 4.96. The summed E-state index contributed by atoms with van der Waals surface area (Å²) in [6, 6.07) is 11.5. The third-order valence-electron chi connectivity index (χ3n) is 3.21. The highest BCUT2D eigenvalue weighted by molar-refractivity contribution is 7.89. The first-order valence-corrected chi connectivity index (χ1v) is 9.18. The van der Waals surface area contributed by atoms with Gasteiger partial charge in [-0.05, 0) is 37.6 Å². The first kappa shape index (κ1) is 17.8. The molecule has 0 amide bonds. The van der Waals surface area contributed by atoms with Crippen LogP contribution >= 0.6 is 23.2 Å². The zero-order valence-corrected chi connectivity index (χ0v) is 15.0. The molecule has 0 aliphatic carbocycles. The van der Waals surface area contributed by atoms with E-state index in [1.807, 2.05) is 13.8 Å². The highest BCUT2D eigenvalue weighted by Crippen LogP contribution is 2.22. The molecule has 0 heterocycles. The summed E-state index contributed by atoms with van der Waals surface area (Å²) in [4.78, 5) is 2.41. The number of halogens is 2. The molecule has 4 nitrogen and oxygen atoms in total. The van der Waals surface area contributed by atoms with E-state index in [1.165, 1.54) is 12.1 Å². The van der Waals surface area contributed by atoms with Crippen molar-refractivity contribution in [1.82, 2.24) is 4.83 Å². The summed E-state index contributed by atoms with van der Waals surface area (Å²) >= 11 is 12.0. The Kier molecular flexibility index (Phi) is 5.68. The van der Waals surface area contributed by atoms with Gasteiger partial charge in [0, 0.05) is 10.6 Å². The van der Waals surface area contributed by atoms with E-state index in [0.29, 0.717) is 27.7 Å². The lowest BCUT2D eigenvalue weighted by atomic mass is 10.1. The fraction of sp³-hybridized carbons (Fsp3) is 0.188. The average Bonchev–Trinajstić information content (AvgIpc) is 2.50. The van der Waals surface area contributed by atoms with Crippen LogP contribution in [0, 0.1) is 6.92 Å². The fourth-order valence-corrected chi connectivity index (χ4v) is 3.29. The summed E-state index contributed by atoms with van der Waals surface area (Å²) in [6.07, 6.45) is 0.512. The highest BCUT2D eigenvalue weighted by atomic mass is 35.5. The second-order valence-electron chi connectivity index (χ2n) is 4.94. The third-order valence-corrected chi connectivity index (χ3v) is 4.98. The van der Waals surface area contributed by atoms with Crippen LogP contribution in [0.1, 0.15) is 24.5 Å². The van der Waals surface area contributed by atoms with Crippen LogP contribution in [-0.2, 0) is 10.0 Å². The van der Waals surface area contributed by atoms with Crippen molar-refractivity contribution in [3.8, 4) is 0 Å². The topological polar surface area (TPSA) is 58.5 Å². The Hall–Kier alpha value is -1.56. The van der Waals surface area contributed by atoms with Gasteiger partial charge in [0.25, 0.3) is 10.0 Å². The minimum Gasteiger partial charge on any atom is -0.200 e. The normalized spacial score (nSPS) is 12.3. The number of aryl methyl sites for hydroxylation is 1. The van der Waals surface area contributed by atoms with Crippen molar-refractivity contribution in [1.29, 1.82) is 0 Å². The number of benzene rings is 2. The maximum atomic E-state index is 12.3. The van der Waals surface area contributed by atoms with Gasteiger partial charge in [0.05, 0.1) is 15.6 Å². The molecular formula is C16H16Cl2N2O2S. The second kappa shape index (κ2) is 7.34. The molecule has 0 saturated heterocycles. The van der Waals surface area contributed by atoms with E-state index in [0.717, 1.165) is 5.56 Å². The lowest BCUT2D eigenvalue weighted by Gasteiger charge is -2.09. The Balaban J connectivity index is 2.30. The number of hydrazone groups is 1. The van der Waals surface area contributed by atoms with Crippen molar-refractivity contribution in [3.05, 3.63) is 63.6 Å². The maximum Gasteiger partial charge on any atom is 0.276 e. The van der Waals surface area contributed by atoms with Gasteiger partial charge in [-0.25, -0.2) is 0 Å². The van der Waals surface area contributed by atoms with Gasteiger partial charge in [0.15, 0.2) is 0 Å². The van der Waals surface area contributed by atoms with Crippen LogP contribution in [0.15, 0.2) is 52.5 Å². The van der Waals surface area contributed by atoms with Crippen LogP contribution in [0.5, 0.6) is 0 Å². The number of hydrogen-bond donors (Lipinski definition) is 1. The quantitative estimate of drug-likeness (QED) is 0.626. The minimum absolute atomic E-state index is 0.157. The molecule has 0 atom stereocenters. The Bertz CT molecular complexity index is 832. The van der Waals surface area contributed by atoms with Crippen molar-refractivity contribution in [2.75, 3.05) is 0 Å². The largest absolute Gasteiger partial charge is 0.276 e. The Morgan fingerprint density at radius 1 is 1.13 bits per heavy atom. The number of nitrogens with one attached hydrogen (secondary N) is 1. The van der Waals surface area contributed by atoms with Gasteiger partial charge in [-0.15, -0.1) is 0 Å². The summed E-state index contributed by atoms with van der Waals surface area (Å²) in [6.45, 7) is 3.75. The van der Waals surface area contributed by atoms with E-state index in [2.05, 4.69) is 9.93 Å². The lowest BCUT2D eigenvalue weighted by molar-refractivity contribution is 0.584. The molecule has 0 aliphatic heterocycles. The second-order valence-corrected chi connectivity index (χ2v) is 7.45. The maximum absolute atomic E-state index is 12.3. The van der Waals surface area contributed by atoms with Gasteiger partial charge >= 0.3 is 0 Å². The molecule has 0 bridgehead atoms. The molecule has 0 aliphatic rings. The Morgan fingerprint density at radius 2 is 1.78 bits per heavy atom. The molecule has 7 heteroatoms. The van der Waals surface area contributed by atoms with Crippen LogP contribution in [-0.4, -0.2) is 14.1 Å². The SMILES string of the molecule is CC/C(=N\NS(=O)(=O)c1ccc(C)cc1)c1ccc(Cl)cc1Cl. The van der Waals surface area contributed by atoms with E-state index in [-0.39, 0.29) is 4.90 Å². The van der Waals surface area contributed by atoms with Crippen molar-refractivity contribution in [2.45, 2.75) is 25.2 Å². The monoisotopic (exact) mass is 370 g/mol. The summed E-state index contributed by atoms with van der Waals surface area (Å²) in [5.74, 6) is 0. The highest BCUT2D eigenvalue weighted by Gasteiger charge is 2.14. The summed E-state index contributed by atoms with van der Waals surface area (Å²) in [7, 11) is -3.72. The predicted molar refractivity (Wildman–Crippen MR) is 94.8 cm³/mol. The smallest absolute Gasteiger partial charge is 0.200 e. The fourth-order valence-electron chi connectivity index (χ4n) is 1.94. The van der Waals surface area contributed by atoms with E-state index in [4.69, 9.17) is 23.2 Å². The molecule has 0 radical (unpaired) electrons. The van der Waals surface area contributed by atoms with Gasteiger partial charge in [-0.2, -0.15) is 18.4 Å². The number of nitrogens with zero attached hydrogens (tertiary/aromatic N) is 1. The first-order valence-electron chi connectivity index (χ1n) is 6.94. The van der Waals surface area contributed by atoms with Crippen molar-refractivity contribution < 1.29 is 8.42 Å². The molecule has 23 heavy (non-hydrogen) atoms. The molecule has 0 unspecified atom stereocenters. The standard InChI is InChI=1S/C16H16Cl2N2O2S/c1-3-16(14-9-6-12(17)10-15(14)18)19-20-23(21,22)13-7-4-11(2)5-8-13/h4-10,20H,3H2,1-2H3/b19-16+. The molecule has 1 N–H and O–H groups in total. The van der Waals surface area contributed by atoms with Crippen LogP contribution in [0.25, 0.3) is 0 Å². The molecular weight excluding hydrogens is 355 g/mol. The molecule has 0 spiro atoms. The van der Waals surface area contributed by atoms with Crippen LogP contribution < -0.4 is 4.83 Å². The molecule has 2 rings (SSSR count). The van der Waals surface area contributed by atoms with E-state index in [9.17, 15) is 8.42 Å². The number of rotatable bonds is 5. The number of sulfonamides is 1. The molecule has 0 fully saturated rings. The van der Waals surface area contributed by atoms with Gasteiger partial charge in [-0.1, -0.05) is 53.9 Å². The first-order chi connectivity index (χ1) is 10.8. The van der Waals surface area contributed by atoms with Gasteiger partial charge in [-0.3, -0.25) is 0 Å². The zero-order chi connectivity index (χ0) is 17.0. The zero-order valence-electron chi connectivity index (χ0n) is 12.7. The van der Waals surface area contributed by atoms with Crippen LogP contribution in [0.2, 0.25) is 10.0 Å². The average molecular weight is 371 g/mol. The molecule has 2 aromatic rings. The minimum atomic E-state index is -3.72. The van der Waals surface area contributed by atoms with E-state index >= 15 is 0 Å². The summed E-state index contributed by atoms with van der Waals surface area (Å²) < 4.78 is 24.5. The molecule has 0 aromatic heterocycles. The molecule has 0 saturated carbocycles. The molecule has 2 aromatic carbocycles. The van der Waals surface area contributed by atoms with E-state index in [1.54, 1.807) is 30.3 Å². The van der Waals surface area contributed by atoms with E-state index < -0.39 is 10.0 Å². The van der Waals surface area contributed by atoms with Crippen molar-refractivity contribution in [3.63, 3.8) is 0 Å². The Labute approximate surface area is 146 Å². The predicted octanol–water partition coefficient (Wildman–Crippen LogP) is 4.39. The van der Waals surface area contributed by atoms with Gasteiger partial charge in [0.1, 0.15) is 0 Å². The molecule has 122 valence electrons.